The largest absolute Gasteiger partial charge is 0.508 e. The summed E-state index contributed by atoms with van der Waals surface area (Å²) in [5.74, 6) is 0.280. The molecular weight excluding hydrogens is 310 g/mol. The van der Waals surface area contributed by atoms with Crippen LogP contribution < -0.4 is 5.32 Å². The average molecular weight is 331 g/mol. The molecule has 0 aliphatic heterocycles. The van der Waals surface area contributed by atoms with E-state index < -0.39 is 0 Å². The highest BCUT2D eigenvalue weighted by Gasteiger charge is 2.09. The van der Waals surface area contributed by atoms with Crippen molar-refractivity contribution < 1.29 is 5.11 Å². The normalized spacial score (nSPS) is 11.8. The zero-order chi connectivity index (χ0) is 17.6. The van der Waals surface area contributed by atoms with E-state index in [0.717, 1.165) is 16.8 Å². The first-order valence-corrected chi connectivity index (χ1v) is 8.31. The van der Waals surface area contributed by atoms with E-state index in [2.05, 4.69) is 28.9 Å². The highest BCUT2D eigenvalue weighted by atomic mass is 16.3. The molecule has 0 bridgehead atoms. The molecule has 0 radical (unpaired) electrons. The van der Waals surface area contributed by atoms with Crippen LogP contribution >= 0.6 is 0 Å². The van der Waals surface area contributed by atoms with Gasteiger partial charge in [0.2, 0.25) is 0 Å². The lowest BCUT2D eigenvalue weighted by molar-refractivity contribution is 0.471. The van der Waals surface area contributed by atoms with Crippen LogP contribution in [0.15, 0.2) is 66.9 Å². The third-order valence-electron chi connectivity index (χ3n) is 4.36. The van der Waals surface area contributed by atoms with Crippen LogP contribution in [-0.2, 0) is 13.1 Å². The van der Waals surface area contributed by atoms with Gasteiger partial charge in [0.15, 0.2) is 0 Å². The zero-order valence-electron chi connectivity index (χ0n) is 14.2. The van der Waals surface area contributed by atoms with Crippen molar-refractivity contribution in [3.63, 3.8) is 0 Å². The lowest BCUT2D eigenvalue weighted by atomic mass is 10.1. The van der Waals surface area contributed by atoms with Gasteiger partial charge in [-0.25, -0.2) is 0 Å². The van der Waals surface area contributed by atoms with Gasteiger partial charge in [0.05, 0.1) is 11.6 Å². The average Bonchev–Trinajstić information content (AvgIpc) is 3.07. The predicted octanol–water partition coefficient (Wildman–Crippen LogP) is 3.96. The van der Waals surface area contributed by atoms with Crippen LogP contribution in [0.3, 0.4) is 0 Å². The van der Waals surface area contributed by atoms with Crippen LogP contribution in [0.25, 0.3) is 0 Å². The first-order chi connectivity index (χ1) is 12.2. The number of phenolic OH excluding ortho intramolecular Hbond substituents is 1. The lowest BCUT2D eigenvalue weighted by Crippen LogP contribution is -2.20. The van der Waals surface area contributed by atoms with E-state index in [-0.39, 0.29) is 11.8 Å². The Balaban J connectivity index is 1.69. The molecule has 2 aromatic carbocycles. The third-order valence-corrected chi connectivity index (χ3v) is 4.36. The highest BCUT2D eigenvalue weighted by Crippen LogP contribution is 2.19. The molecule has 0 spiro atoms. The number of benzene rings is 2. The second-order valence-corrected chi connectivity index (χ2v) is 6.09. The summed E-state index contributed by atoms with van der Waals surface area (Å²) in [6, 6.07) is 21.5. The van der Waals surface area contributed by atoms with Crippen molar-refractivity contribution in [1.29, 1.82) is 5.26 Å². The molecule has 126 valence electrons. The Morgan fingerprint density at radius 3 is 2.76 bits per heavy atom. The number of aromatic hydroxyl groups is 1. The van der Waals surface area contributed by atoms with Crippen LogP contribution in [-0.4, -0.2) is 9.67 Å². The van der Waals surface area contributed by atoms with E-state index in [9.17, 15) is 10.4 Å². The smallest absolute Gasteiger partial charge is 0.115 e. The fourth-order valence-electron chi connectivity index (χ4n) is 2.88. The monoisotopic (exact) mass is 331 g/mol. The van der Waals surface area contributed by atoms with Gasteiger partial charge in [-0.15, -0.1) is 0 Å². The fourth-order valence-corrected chi connectivity index (χ4v) is 2.88. The van der Waals surface area contributed by atoms with E-state index in [4.69, 9.17) is 0 Å². The first kappa shape index (κ1) is 16.8. The lowest BCUT2D eigenvalue weighted by Gasteiger charge is -2.16. The van der Waals surface area contributed by atoms with Crippen LogP contribution in [0.5, 0.6) is 5.75 Å². The van der Waals surface area contributed by atoms with Crippen molar-refractivity contribution in [2.45, 2.75) is 26.1 Å². The number of nitrogens with one attached hydrogen (secondary N) is 1. The van der Waals surface area contributed by atoms with Crippen molar-refractivity contribution in [3.05, 3.63) is 89.2 Å². The molecule has 0 amide bonds. The molecule has 4 nitrogen and oxygen atoms in total. The molecule has 0 aliphatic carbocycles. The predicted molar refractivity (Wildman–Crippen MR) is 98.1 cm³/mol. The summed E-state index contributed by atoms with van der Waals surface area (Å²) in [6.07, 6.45) is 2.03. The molecule has 0 saturated heterocycles. The minimum Gasteiger partial charge on any atom is -0.508 e. The SMILES string of the molecule is C[C@@H](NCc1cccn1Cc1ccccc1C#N)c1cccc(O)c1. The number of nitriles is 1. The Hall–Kier alpha value is -3.03. The van der Waals surface area contributed by atoms with E-state index >= 15 is 0 Å². The molecule has 3 aromatic rings. The van der Waals surface area contributed by atoms with Crippen molar-refractivity contribution in [1.82, 2.24) is 9.88 Å². The second kappa shape index (κ2) is 7.69. The summed E-state index contributed by atoms with van der Waals surface area (Å²) >= 11 is 0. The summed E-state index contributed by atoms with van der Waals surface area (Å²) in [6.45, 7) is 3.46. The number of aromatic nitrogens is 1. The Bertz CT molecular complexity index is 892. The molecule has 2 N–H and O–H groups in total. The topological polar surface area (TPSA) is 61.0 Å². The van der Waals surface area contributed by atoms with Gasteiger partial charge < -0.3 is 15.0 Å². The molecular formula is C21H21N3O. The standard InChI is InChI=1S/C21H21N3O/c1-16(17-8-4-10-21(25)12-17)23-14-20-9-5-11-24(20)15-19-7-3-2-6-18(19)13-22/h2-12,16,23,25H,14-15H2,1H3/t16-/m1/s1. The highest BCUT2D eigenvalue weighted by molar-refractivity contribution is 5.37. The van der Waals surface area contributed by atoms with Gasteiger partial charge in [0.25, 0.3) is 0 Å². The molecule has 1 atom stereocenters. The minimum absolute atomic E-state index is 0.127. The quantitative estimate of drug-likeness (QED) is 0.718. The van der Waals surface area contributed by atoms with E-state index in [1.54, 1.807) is 12.1 Å². The molecule has 4 heteroatoms. The summed E-state index contributed by atoms with van der Waals surface area (Å²) in [5, 5.41) is 22.3. The summed E-state index contributed by atoms with van der Waals surface area (Å²) in [4.78, 5) is 0. The minimum atomic E-state index is 0.127. The second-order valence-electron chi connectivity index (χ2n) is 6.09. The molecule has 1 aromatic heterocycles. The number of nitrogens with zero attached hydrogens (tertiary/aromatic N) is 2. The van der Waals surface area contributed by atoms with Gasteiger partial charge in [-0.05, 0) is 48.4 Å². The van der Waals surface area contributed by atoms with Crippen molar-refractivity contribution >= 4 is 0 Å². The summed E-state index contributed by atoms with van der Waals surface area (Å²) in [5.41, 5.74) is 3.93. The number of hydrogen-bond acceptors (Lipinski definition) is 3. The van der Waals surface area contributed by atoms with Gasteiger partial charge in [-0.3, -0.25) is 0 Å². The van der Waals surface area contributed by atoms with Gasteiger partial charge in [-0.2, -0.15) is 5.26 Å². The maximum absolute atomic E-state index is 9.61. The van der Waals surface area contributed by atoms with E-state index in [1.165, 1.54) is 0 Å². The number of phenols is 1. The fraction of sp³-hybridized carbons (Fsp3) is 0.190. The summed E-state index contributed by atoms with van der Waals surface area (Å²) < 4.78 is 2.15. The number of hydrogen-bond donors (Lipinski definition) is 2. The maximum Gasteiger partial charge on any atom is 0.115 e. The molecule has 0 saturated carbocycles. The zero-order valence-corrected chi connectivity index (χ0v) is 14.2. The Morgan fingerprint density at radius 2 is 1.96 bits per heavy atom. The van der Waals surface area contributed by atoms with Gasteiger partial charge in [-0.1, -0.05) is 30.3 Å². The van der Waals surface area contributed by atoms with Gasteiger partial charge >= 0.3 is 0 Å². The Labute approximate surface area is 148 Å². The van der Waals surface area contributed by atoms with Gasteiger partial charge in [0, 0.05) is 31.0 Å². The molecule has 0 fully saturated rings. The van der Waals surface area contributed by atoms with E-state index in [0.29, 0.717) is 18.7 Å². The van der Waals surface area contributed by atoms with Crippen molar-refractivity contribution in [2.24, 2.45) is 0 Å². The number of rotatable bonds is 6. The van der Waals surface area contributed by atoms with Crippen molar-refractivity contribution in [3.8, 4) is 11.8 Å². The van der Waals surface area contributed by atoms with Crippen molar-refractivity contribution in [2.75, 3.05) is 0 Å². The van der Waals surface area contributed by atoms with Crippen LogP contribution in [0, 0.1) is 11.3 Å². The summed E-state index contributed by atoms with van der Waals surface area (Å²) in [7, 11) is 0. The van der Waals surface area contributed by atoms with Crippen LogP contribution in [0.4, 0.5) is 0 Å². The molecule has 3 rings (SSSR count). The van der Waals surface area contributed by atoms with Gasteiger partial charge in [0.1, 0.15) is 5.75 Å². The Kier molecular flexibility index (Phi) is 5.17. The van der Waals surface area contributed by atoms with Crippen LogP contribution in [0.1, 0.15) is 35.3 Å². The maximum atomic E-state index is 9.61. The third kappa shape index (κ3) is 4.09. The first-order valence-electron chi connectivity index (χ1n) is 8.31. The Morgan fingerprint density at radius 1 is 1.12 bits per heavy atom. The molecule has 25 heavy (non-hydrogen) atoms. The van der Waals surface area contributed by atoms with Crippen LogP contribution in [0.2, 0.25) is 0 Å². The van der Waals surface area contributed by atoms with E-state index in [1.807, 2.05) is 48.7 Å². The molecule has 1 heterocycles. The molecule has 0 unspecified atom stereocenters. The molecule has 0 aliphatic rings.